The highest BCUT2D eigenvalue weighted by Gasteiger charge is 2.62. The largest absolute Gasteiger partial charge is 0.478 e. The van der Waals surface area contributed by atoms with Crippen molar-refractivity contribution >= 4 is 52.3 Å². The van der Waals surface area contributed by atoms with Crippen LogP contribution in [0.15, 0.2) is 41.4 Å². The predicted molar refractivity (Wildman–Crippen MR) is 98.5 cm³/mol. The van der Waals surface area contributed by atoms with Crippen LogP contribution in [0.2, 0.25) is 15.1 Å². The maximum absolute atomic E-state index is 13.9. The number of nitrogens with zero attached hydrogens (tertiary/aromatic N) is 1. The smallest absolute Gasteiger partial charge is 0.424 e. The summed E-state index contributed by atoms with van der Waals surface area (Å²) < 4.78 is 41.7. The maximum Gasteiger partial charge on any atom is 0.424 e. The molecular formula is C17H10Cl3F3N2O3. The Bertz CT molecular complexity index is 962. The van der Waals surface area contributed by atoms with Crippen LogP contribution in [0, 0.1) is 0 Å². The minimum Gasteiger partial charge on any atom is -0.478 e. The van der Waals surface area contributed by atoms with Crippen LogP contribution in [0.25, 0.3) is 0 Å². The van der Waals surface area contributed by atoms with E-state index in [1.54, 1.807) is 0 Å². The fourth-order valence-electron chi connectivity index (χ4n) is 2.69. The molecular weight excluding hydrogens is 444 g/mol. The number of hydrogen-bond donors (Lipinski definition) is 2. The van der Waals surface area contributed by atoms with Crippen molar-refractivity contribution in [2.45, 2.75) is 18.2 Å². The van der Waals surface area contributed by atoms with Gasteiger partial charge in [0, 0.05) is 10.0 Å². The van der Waals surface area contributed by atoms with Gasteiger partial charge in [0.05, 0.1) is 22.7 Å². The van der Waals surface area contributed by atoms with E-state index in [1.807, 2.05) is 0 Å². The van der Waals surface area contributed by atoms with Crippen molar-refractivity contribution in [2.75, 3.05) is 0 Å². The molecule has 1 atom stereocenters. The van der Waals surface area contributed by atoms with E-state index in [4.69, 9.17) is 44.7 Å². The number of aliphatic imine (C=N–C) groups is 1. The topological polar surface area (TPSA) is 70.9 Å². The first kappa shape index (κ1) is 20.7. The minimum atomic E-state index is -4.82. The van der Waals surface area contributed by atoms with E-state index in [9.17, 15) is 18.0 Å². The summed E-state index contributed by atoms with van der Waals surface area (Å²) in [7, 11) is 0. The monoisotopic (exact) mass is 452 g/mol. The molecule has 0 spiro atoms. The van der Waals surface area contributed by atoms with Gasteiger partial charge in [0.1, 0.15) is 5.84 Å². The number of carbonyl (C=O) groups is 1. The highest BCUT2D eigenvalue weighted by atomic mass is 35.5. The van der Waals surface area contributed by atoms with Gasteiger partial charge in [0.2, 0.25) is 5.60 Å². The Balaban J connectivity index is 2.01. The van der Waals surface area contributed by atoms with Crippen molar-refractivity contribution in [3.8, 4) is 0 Å². The number of carboxylic acids is 1. The SMILES string of the molecule is O=C(O)c1cc(N=C2CC(c3cc(Cl)cc(Cl)c3)(C(F)(F)F)ON2)ccc1Cl. The van der Waals surface area contributed by atoms with Crippen molar-refractivity contribution in [1.29, 1.82) is 0 Å². The van der Waals surface area contributed by atoms with E-state index in [1.165, 1.54) is 18.2 Å². The van der Waals surface area contributed by atoms with Gasteiger partial charge in [-0.3, -0.25) is 10.3 Å². The summed E-state index contributed by atoms with van der Waals surface area (Å²) in [4.78, 5) is 20.1. The first-order valence-corrected chi connectivity index (χ1v) is 8.73. The molecule has 5 nitrogen and oxygen atoms in total. The van der Waals surface area contributed by atoms with Gasteiger partial charge < -0.3 is 5.11 Å². The van der Waals surface area contributed by atoms with Gasteiger partial charge in [-0.25, -0.2) is 9.79 Å². The molecule has 1 heterocycles. The number of alkyl halides is 3. The molecule has 1 fully saturated rings. The molecule has 1 saturated heterocycles. The number of amidine groups is 1. The molecule has 0 bridgehead atoms. The molecule has 0 aliphatic carbocycles. The normalized spacial score (nSPS) is 21.0. The van der Waals surface area contributed by atoms with Crippen molar-refractivity contribution in [3.63, 3.8) is 0 Å². The van der Waals surface area contributed by atoms with Crippen molar-refractivity contribution in [1.82, 2.24) is 5.48 Å². The Kier molecular flexibility index (Phi) is 5.51. The van der Waals surface area contributed by atoms with Crippen LogP contribution in [0.1, 0.15) is 22.3 Å². The van der Waals surface area contributed by atoms with E-state index in [2.05, 4.69) is 10.5 Å². The zero-order valence-electron chi connectivity index (χ0n) is 13.6. The number of halogens is 6. The standard InChI is InChI=1S/C17H10Cl3F3N2O3/c18-9-3-8(4-10(19)5-9)16(17(21,22)23)7-14(25-28-16)24-11-1-2-13(20)12(6-11)15(26)27/h1-6H,7H2,(H,24,25)(H,26,27). The molecule has 3 rings (SSSR count). The number of benzene rings is 2. The van der Waals surface area contributed by atoms with Gasteiger partial charge in [-0.1, -0.05) is 34.8 Å². The molecule has 2 aromatic rings. The second-order valence-corrected chi connectivity index (χ2v) is 7.17. The first-order valence-electron chi connectivity index (χ1n) is 7.59. The molecule has 1 aliphatic rings. The summed E-state index contributed by atoms with van der Waals surface area (Å²) in [6, 6.07) is 7.31. The minimum absolute atomic E-state index is 0.0175. The van der Waals surface area contributed by atoms with E-state index in [-0.39, 0.29) is 37.7 Å². The predicted octanol–water partition coefficient (Wildman–Crippen LogP) is 5.76. The van der Waals surface area contributed by atoms with Crippen LogP contribution in [0.3, 0.4) is 0 Å². The quantitative estimate of drug-likeness (QED) is 0.620. The molecule has 2 N–H and O–H groups in total. The lowest BCUT2D eigenvalue weighted by atomic mass is 9.90. The lowest BCUT2D eigenvalue weighted by Crippen LogP contribution is -2.42. The third kappa shape index (κ3) is 3.91. The first-order chi connectivity index (χ1) is 13.0. The summed E-state index contributed by atoms with van der Waals surface area (Å²) in [5.41, 5.74) is -1.03. The van der Waals surface area contributed by atoms with Crippen molar-refractivity contribution < 1.29 is 27.9 Å². The molecule has 0 radical (unpaired) electrons. The van der Waals surface area contributed by atoms with Crippen molar-refractivity contribution in [2.24, 2.45) is 4.99 Å². The zero-order valence-corrected chi connectivity index (χ0v) is 15.9. The average molecular weight is 454 g/mol. The van der Waals surface area contributed by atoms with E-state index >= 15 is 0 Å². The summed E-state index contributed by atoms with van der Waals surface area (Å²) in [5, 5.41) is 9.11. The summed E-state index contributed by atoms with van der Waals surface area (Å²) in [6.07, 6.45) is -5.52. The van der Waals surface area contributed by atoms with Gasteiger partial charge in [-0.2, -0.15) is 13.2 Å². The fourth-order valence-corrected chi connectivity index (χ4v) is 3.41. The third-order valence-corrected chi connectivity index (χ3v) is 4.76. The van der Waals surface area contributed by atoms with Gasteiger partial charge >= 0.3 is 12.1 Å². The molecule has 0 aromatic heterocycles. The lowest BCUT2D eigenvalue weighted by Gasteiger charge is -2.29. The maximum atomic E-state index is 13.9. The van der Waals surface area contributed by atoms with Crippen LogP contribution in [0.4, 0.5) is 18.9 Å². The van der Waals surface area contributed by atoms with E-state index in [0.29, 0.717) is 0 Å². The number of carboxylic acid groups (broad SMARTS) is 1. The Morgan fingerprint density at radius 2 is 1.79 bits per heavy atom. The number of aromatic carboxylic acids is 1. The number of hydroxylamine groups is 1. The van der Waals surface area contributed by atoms with Gasteiger partial charge in [0.15, 0.2) is 0 Å². The Morgan fingerprint density at radius 1 is 1.14 bits per heavy atom. The number of hydrogen-bond acceptors (Lipinski definition) is 3. The van der Waals surface area contributed by atoms with Gasteiger partial charge in [-0.05, 0) is 42.0 Å². The fraction of sp³-hybridized carbons (Fsp3) is 0.176. The van der Waals surface area contributed by atoms with Crippen LogP contribution in [0.5, 0.6) is 0 Å². The Hall–Kier alpha value is -2.00. The summed E-state index contributed by atoms with van der Waals surface area (Å²) in [5.74, 6) is -1.45. The Morgan fingerprint density at radius 3 is 2.36 bits per heavy atom. The average Bonchev–Trinajstić information content (AvgIpc) is 3.00. The van der Waals surface area contributed by atoms with E-state index < -0.39 is 24.2 Å². The second-order valence-electron chi connectivity index (χ2n) is 5.89. The molecule has 148 valence electrons. The van der Waals surface area contributed by atoms with Crippen LogP contribution in [-0.2, 0) is 10.4 Å². The van der Waals surface area contributed by atoms with Crippen molar-refractivity contribution in [3.05, 3.63) is 62.6 Å². The number of nitrogens with one attached hydrogen (secondary N) is 1. The summed E-state index contributed by atoms with van der Waals surface area (Å²) in [6.45, 7) is 0. The number of rotatable bonds is 3. The summed E-state index contributed by atoms with van der Waals surface area (Å²) >= 11 is 17.5. The molecule has 1 aliphatic heterocycles. The molecule has 28 heavy (non-hydrogen) atoms. The highest BCUT2D eigenvalue weighted by molar-refractivity contribution is 6.34. The van der Waals surface area contributed by atoms with E-state index in [0.717, 1.165) is 18.2 Å². The zero-order chi connectivity index (χ0) is 20.7. The molecule has 0 saturated carbocycles. The van der Waals surface area contributed by atoms with Gasteiger partial charge in [-0.15, -0.1) is 0 Å². The molecule has 0 amide bonds. The van der Waals surface area contributed by atoms with Crippen LogP contribution in [-0.4, -0.2) is 23.1 Å². The van der Waals surface area contributed by atoms with Crippen LogP contribution < -0.4 is 5.48 Å². The molecule has 2 aromatic carbocycles. The second kappa shape index (κ2) is 7.44. The highest BCUT2D eigenvalue weighted by Crippen LogP contribution is 2.48. The molecule has 1 unspecified atom stereocenters. The van der Waals surface area contributed by atoms with Crippen LogP contribution >= 0.6 is 34.8 Å². The third-order valence-electron chi connectivity index (χ3n) is 3.99. The Labute approximate surface area is 171 Å². The molecule has 11 heteroatoms. The van der Waals surface area contributed by atoms with Gasteiger partial charge in [0.25, 0.3) is 0 Å². The lowest BCUT2D eigenvalue weighted by molar-refractivity contribution is -0.282.